The minimum Gasteiger partial charge on any atom is -0.406 e. The maximum Gasteiger partial charge on any atom is 0.573 e. The maximum atomic E-state index is 12.3. The predicted molar refractivity (Wildman–Crippen MR) is 73.7 cm³/mol. The van der Waals surface area contributed by atoms with E-state index in [0.29, 0.717) is 4.47 Å². The van der Waals surface area contributed by atoms with E-state index < -0.39 is 6.36 Å². The monoisotopic (exact) mass is 352 g/mol. The van der Waals surface area contributed by atoms with Crippen molar-refractivity contribution in [2.75, 3.05) is 26.2 Å². The summed E-state index contributed by atoms with van der Waals surface area (Å²) in [4.78, 5) is 2.23. The summed E-state index contributed by atoms with van der Waals surface area (Å²) in [5, 5.41) is 3.25. The quantitative estimate of drug-likeness (QED) is 0.903. The Morgan fingerprint density at radius 2 is 1.90 bits per heavy atom. The van der Waals surface area contributed by atoms with Crippen molar-refractivity contribution in [3.05, 3.63) is 28.2 Å². The number of alkyl halides is 3. The standard InChI is InChI=1S/C13H16BrF3N2O/c1-9(19-4-2-18-3-5-19)10-6-11(14)8-12(7-10)20-13(15,16)17/h6-9,18H,2-5H2,1H3/t9-/m0/s1. The molecule has 1 aromatic rings. The third-order valence-corrected chi connectivity index (χ3v) is 3.77. The van der Waals surface area contributed by atoms with E-state index in [1.807, 2.05) is 13.0 Å². The summed E-state index contributed by atoms with van der Waals surface area (Å²) >= 11 is 3.23. The summed E-state index contributed by atoms with van der Waals surface area (Å²) < 4.78 is 41.5. The molecule has 7 heteroatoms. The van der Waals surface area contributed by atoms with Crippen LogP contribution in [0.15, 0.2) is 22.7 Å². The molecule has 1 N–H and O–H groups in total. The van der Waals surface area contributed by atoms with Crippen LogP contribution < -0.4 is 10.1 Å². The van der Waals surface area contributed by atoms with E-state index in [2.05, 4.69) is 30.9 Å². The van der Waals surface area contributed by atoms with Crippen molar-refractivity contribution >= 4 is 15.9 Å². The lowest BCUT2D eigenvalue weighted by atomic mass is 10.1. The van der Waals surface area contributed by atoms with Crippen molar-refractivity contribution in [3.63, 3.8) is 0 Å². The Morgan fingerprint density at radius 1 is 1.25 bits per heavy atom. The van der Waals surface area contributed by atoms with Crippen LogP contribution in [0.1, 0.15) is 18.5 Å². The van der Waals surface area contributed by atoms with E-state index in [4.69, 9.17) is 0 Å². The van der Waals surface area contributed by atoms with E-state index in [-0.39, 0.29) is 11.8 Å². The smallest absolute Gasteiger partial charge is 0.406 e. The molecule has 1 aliphatic rings. The second kappa shape index (κ2) is 6.32. The molecule has 0 radical (unpaired) electrons. The molecule has 1 atom stereocenters. The zero-order valence-corrected chi connectivity index (χ0v) is 12.6. The number of ether oxygens (including phenoxy) is 1. The number of halogens is 4. The molecule has 1 heterocycles. The third-order valence-electron chi connectivity index (χ3n) is 3.31. The minimum atomic E-state index is -4.67. The van der Waals surface area contributed by atoms with Crippen molar-refractivity contribution in [1.29, 1.82) is 0 Å². The van der Waals surface area contributed by atoms with Gasteiger partial charge in [0.1, 0.15) is 5.75 Å². The van der Waals surface area contributed by atoms with Gasteiger partial charge in [-0.15, -0.1) is 13.2 Å². The zero-order valence-electron chi connectivity index (χ0n) is 11.0. The van der Waals surface area contributed by atoms with Gasteiger partial charge in [0.15, 0.2) is 0 Å². The Morgan fingerprint density at radius 3 is 2.50 bits per heavy atom. The van der Waals surface area contributed by atoms with E-state index in [1.165, 1.54) is 12.1 Å². The zero-order chi connectivity index (χ0) is 14.8. The molecular formula is C13H16BrF3N2O. The largest absolute Gasteiger partial charge is 0.573 e. The number of piperazine rings is 1. The number of nitrogens with zero attached hydrogens (tertiary/aromatic N) is 1. The minimum absolute atomic E-state index is 0.0465. The molecule has 112 valence electrons. The third kappa shape index (κ3) is 4.36. The molecule has 0 bridgehead atoms. The SMILES string of the molecule is C[C@@H](c1cc(Br)cc(OC(F)(F)F)c1)N1CCNCC1. The van der Waals surface area contributed by atoms with E-state index >= 15 is 0 Å². The van der Waals surface area contributed by atoms with Crippen LogP contribution in [0.5, 0.6) is 5.75 Å². The number of benzene rings is 1. The summed E-state index contributed by atoms with van der Waals surface area (Å²) in [5.41, 5.74) is 0.806. The Balaban J connectivity index is 2.18. The average Bonchev–Trinajstić information content (AvgIpc) is 2.36. The molecule has 0 saturated carbocycles. The van der Waals surface area contributed by atoms with Crippen molar-refractivity contribution in [3.8, 4) is 5.75 Å². The van der Waals surface area contributed by atoms with Crippen LogP contribution >= 0.6 is 15.9 Å². The number of rotatable bonds is 3. The van der Waals surface area contributed by atoms with Gasteiger partial charge in [0, 0.05) is 36.7 Å². The van der Waals surface area contributed by atoms with Crippen LogP contribution in [0, 0.1) is 0 Å². The van der Waals surface area contributed by atoms with Gasteiger partial charge in [-0.1, -0.05) is 15.9 Å². The van der Waals surface area contributed by atoms with Gasteiger partial charge in [-0.25, -0.2) is 0 Å². The number of hydrogen-bond acceptors (Lipinski definition) is 3. The van der Waals surface area contributed by atoms with Crippen molar-refractivity contribution in [2.24, 2.45) is 0 Å². The van der Waals surface area contributed by atoms with Crippen LogP contribution in [0.2, 0.25) is 0 Å². The molecule has 0 aliphatic carbocycles. The van der Waals surface area contributed by atoms with Crippen LogP contribution in [0.3, 0.4) is 0 Å². The molecular weight excluding hydrogens is 337 g/mol. The molecule has 20 heavy (non-hydrogen) atoms. The molecule has 2 rings (SSSR count). The lowest BCUT2D eigenvalue weighted by Crippen LogP contribution is -2.44. The fraction of sp³-hybridized carbons (Fsp3) is 0.538. The average molecular weight is 353 g/mol. The lowest BCUT2D eigenvalue weighted by Gasteiger charge is -2.33. The van der Waals surface area contributed by atoms with E-state index in [0.717, 1.165) is 31.7 Å². The van der Waals surface area contributed by atoms with Crippen molar-refractivity contribution < 1.29 is 17.9 Å². The maximum absolute atomic E-state index is 12.3. The summed E-state index contributed by atoms with van der Waals surface area (Å²) in [6.07, 6.45) is -4.67. The Bertz CT molecular complexity index is 461. The highest BCUT2D eigenvalue weighted by Gasteiger charge is 2.31. The highest BCUT2D eigenvalue weighted by atomic mass is 79.9. The second-order valence-electron chi connectivity index (χ2n) is 4.73. The van der Waals surface area contributed by atoms with Gasteiger partial charge < -0.3 is 10.1 Å². The van der Waals surface area contributed by atoms with E-state index in [9.17, 15) is 13.2 Å². The lowest BCUT2D eigenvalue weighted by molar-refractivity contribution is -0.274. The Labute approximate surface area is 124 Å². The first-order valence-corrected chi connectivity index (χ1v) is 7.15. The first-order valence-electron chi connectivity index (χ1n) is 6.36. The van der Waals surface area contributed by atoms with Crippen LogP contribution in [0.4, 0.5) is 13.2 Å². The molecule has 1 saturated heterocycles. The first kappa shape index (κ1) is 15.6. The van der Waals surface area contributed by atoms with Gasteiger partial charge in [-0.3, -0.25) is 4.90 Å². The molecule has 3 nitrogen and oxygen atoms in total. The Hall–Kier alpha value is -0.790. The molecule has 0 unspecified atom stereocenters. The van der Waals surface area contributed by atoms with E-state index in [1.54, 1.807) is 0 Å². The van der Waals surface area contributed by atoms with Crippen LogP contribution in [-0.4, -0.2) is 37.4 Å². The normalized spacial score (nSPS) is 18.9. The first-order chi connectivity index (χ1) is 9.35. The molecule has 0 amide bonds. The highest BCUT2D eigenvalue weighted by molar-refractivity contribution is 9.10. The number of nitrogens with one attached hydrogen (secondary N) is 1. The topological polar surface area (TPSA) is 24.5 Å². The van der Waals surface area contributed by atoms with Gasteiger partial charge in [0.25, 0.3) is 0 Å². The fourth-order valence-electron chi connectivity index (χ4n) is 2.30. The molecule has 0 aromatic heterocycles. The predicted octanol–water partition coefficient (Wildman–Crippen LogP) is 3.31. The van der Waals surface area contributed by atoms with Crippen molar-refractivity contribution in [1.82, 2.24) is 10.2 Å². The second-order valence-corrected chi connectivity index (χ2v) is 5.65. The van der Waals surface area contributed by atoms with Crippen LogP contribution in [-0.2, 0) is 0 Å². The van der Waals surface area contributed by atoms with Gasteiger partial charge in [0.05, 0.1) is 0 Å². The summed E-state index contributed by atoms with van der Waals surface area (Å²) in [5.74, 6) is -0.191. The summed E-state index contributed by atoms with van der Waals surface area (Å²) in [6, 6.07) is 4.65. The Kier molecular flexibility index (Phi) is 4.93. The van der Waals surface area contributed by atoms with Crippen molar-refractivity contribution in [2.45, 2.75) is 19.3 Å². The number of hydrogen-bond donors (Lipinski definition) is 1. The van der Waals surface area contributed by atoms with Gasteiger partial charge in [-0.2, -0.15) is 0 Å². The fourth-order valence-corrected chi connectivity index (χ4v) is 2.79. The van der Waals surface area contributed by atoms with Gasteiger partial charge >= 0.3 is 6.36 Å². The molecule has 1 aromatic carbocycles. The highest BCUT2D eigenvalue weighted by Crippen LogP contribution is 2.31. The molecule has 1 aliphatic heterocycles. The van der Waals surface area contributed by atoms with Crippen LogP contribution in [0.25, 0.3) is 0 Å². The molecule has 1 fully saturated rings. The van der Waals surface area contributed by atoms with Gasteiger partial charge in [-0.05, 0) is 30.7 Å². The molecule has 0 spiro atoms. The summed E-state index contributed by atoms with van der Waals surface area (Å²) in [6.45, 7) is 5.53. The van der Waals surface area contributed by atoms with Gasteiger partial charge in [0.2, 0.25) is 0 Å². The summed E-state index contributed by atoms with van der Waals surface area (Å²) in [7, 11) is 0.